The number of fused-ring (bicyclic) bond motifs is 1. The highest BCUT2D eigenvalue weighted by Crippen LogP contribution is 2.26. The highest BCUT2D eigenvalue weighted by atomic mass is 35.5. The van der Waals surface area contributed by atoms with Crippen molar-refractivity contribution in [2.75, 3.05) is 33.2 Å². The zero-order valence-corrected chi connectivity index (χ0v) is 20.7. The Morgan fingerprint density at radius 2 is 1.86 bits per heavy atom. The minimum atomic E-state index is -0.753. The van der Waals surface area contributed by atoms with Crippen LogP contribution < -0.4 is 20.9 Å². The molecule has 10 heteroatoms. The number of carbonyl (C=O) groups is 2. The number of nitrogens with one attached hydrogen (secondary N) is 3. The summed E-state index contributed by atoms with van der Waals surface area (Å²) in [6, 6.07) is 11.9. The van der Waals surface area contributed by atoms with E-state index in [0.717, 1.165) is 12.8 Å². The SMILES string of the molecule is CNC(=O)c1cc(Cl)ccc1OC1CCN(CC(O)CNC(=O)c2c[nH]c(=O)c3ccccc23)CC1. The van der Waals surface area contributed by atoms with E-state index in [1.165, 1.54) is 6.20 Å². The van der Waals surface area contributed by atoms with Crippen molar-refractivity contribution in [2.24, 2.45) is 0 Å². The molecule has 1 aliphatic heterocycles. The maximum atomic E-state index is 12.7. The van der Waals surface area contributed by atoms with Gasteiger partial charge in [0.1, 0.15) is 11.9 Å². The van der Waals surface area contributed by atoms with E-state index in [9.17, 15) is 19.5 Å². The first-order valence-corrected chi connectivity index (χ1v) is 12.2. The van der Waals surface area contributed by atoms with Crippen LogP contribution >= 0.6 is 11.6 Å². The number of rotatable bonds is 8. The van der Waals surface area contributed by atoms with Crippen LogP contribution in [0.4, 0.5) is 0 Å². The third kappa shape index (κ3) is 6.04. The standard InChI is InChI=1S/C26H29ClN4O5/c1-28-24(33)21-12-16(27)6-7-23(21)36-18-8-10-31(11-9-18)15-17(32)13-29-26(35)22-14-30-25(34)20-5-3-2-4-19(20)22/h2-7,12,14,17-18,32H,8-11,13,15H2,1H3,(H,28,33)(H,29,35)(H,30,34). The third-order valence-electron chi connectivity index (χ3n) is 6.26. The van der Waals surface area contributed by atoms with Crippen molar-refractivity contribution in [3.63, 3.8) is 0 Å². The summed E-state index contributed by atoms with van der Waals surface area (Å²) in [7, 11) is 1.56. The molecule has 9 nitrogen and oxygen atoms in total. The van der Waals surface area contributed by atoms with Crippen molar-refractivity contribution >= 4 is 34.2 Å². The van der Waals surface area contributed by atoms with E-state index < -0.39 is 6.10 Å². The van der Waals surface area contributed by atoms with Gasteiger partial charge in [0.2, 0.25) is 0 Å². The molecule has 36 heavy (non-hydrogen) atoms. The highest BCUT2D eigenvalue weighted by Gasteiger charge is 2.24. The summed E-state index contributed by atoms with van der Waals surface area (Å²) in [6.45, 7) is 1.92. The quantitative estimate of drug-likeness (QED) is 0.367. The van der Waals surface area contributed by atoms with Gasteiger partial charge in [0.15, 0.2) is 0 Å². The van der Waals surface area contributed by atoms with Gasteiger partial charge in [-0.05, 0) is 37.1 Å². The molecule has 2 amide bonds. The van der Waals surface area contributed by atoms with Crippen LogP contribution in [-0.2, 0) is 0 Å². The average Bonchev–Trinajstić information content (AvgIpc) is 2.89. The maximum Gasteiger partial charge on any atom is 0.255 e. The summed E-state index contributed by atoms with van der Waals surface area (Å²) in [5, 5.41) is 17.3. The molecule has 1 aromatic heterocycles. The number of likely N-dealkylation sites (tertiary alicyclic amines) is 1. The number of ether oxygens (including phenoxy) is 1. The number of benzene rings is 2. The van der Waals surface area contributed by atoms with Crippen LogP contribution in [0, 0.1) is 0 Å². The molecule has 0 radical (unpaired) electrons. The minimum absolute atomic E-state index is 0.0591. The lowest BCUT2D eigenvalue weighted by molar-refractivity contribution is 0.0588. The summed E-state index contributed by atoms with van der Waals surface area (Å²) in [5.41, 5.74) is 0.498. The Kier molecular flexibility index (Phi) is 8.25. The lowest BCUT2D eigenvalue weighted by atomic mass is 10.1. The van der Waals surface area contributed by atoms with Crippen molar-refractivity contribution in [3.8, 4) is 5.75 Å². The monoisotopic (exact) mass is 512 g/mol. The van der Waals surface area contributed by atoms with Gasteiger partial charge in [0.25, 0.3) is 17.4 Å². The molecule has 4 N–H and O–H groups in total. The number of β-amino-alcohol motifs (C(OH)–C–C–N with tert-alkyl or cyclic N) is 1. The number of piperidine rings is 1. The summed E-state index contributed by atoms with van der Waals surface area (Å²) < 4.78 is 6.10. The molecule has 190 valence electrons. The van der Waals surface area contributed by atoms with E-state index in [4.69, 9.17) is 16.3 Å². The van der Waals surface area contributed by atoms with Gasteiger partial charge in [-0.3, -0.25) is 14.4 Å². The third-order valence-corrected chi connectivity index (χ3v) is 6.50. The molecule has 0 saturated carbocycles. The number of halogens is 1. The first kappa shape index (κ1) is 25.7. The number of H-pyrrole nitrogens is 1. The van der Waals surface area contributed by atoms with Crippen molar-refractivity contribution in [1.82, 2.24) is 20.5 Å². The van der Waals surface area contributed by atoms with Crippen LogP contribution in [0.25, 0.3) is 10.8 Å². The zero-order valence-electron chi connectivity index (χ0n) is 19.9. The largest absolute Gasteiger partial charge is 0.489 e. The van der Waals surface area contributed by atoms with Crippen LogP contribution in [0.5, 0.6) is 5.75 Å². The van der Waals surface area contributed by atoms with E-state index in [-0.39, 0.29) is 30.0 Å². The fourth-order valence-electron chi connectivity index (χ4n) is 4.37. The molecule has 3 aromatic rings. The number of carbonyl (C=O) groups excluding carboxylic acids is 2. The Morgan fingerprint density at radius 1 is 1.14 bits per heavy atom. The lowest BCUT2D eigenvalue weighted by Crippen LogP contribution is -2.45. The topological polar surface area (TPSA) is 124 Å². The molecule has 1 fully saturated rings. The summed E-state index contributed by atoms with van der Waals surface area (Å²) in [4.78, 5) is 41.5. The van der Waals surface area contributed by atoms with Gasteiger partial charge < -0.3 is 30.4 Å². The molecule has 1 saturated heterocycles. The Hall–Kier alpha value is -3.40. The van der Waals surface area contributed by atoms with Gasteiger partial charge in [0.05, 0.1) is 17.2 Å². The fourth-order valence-corrected chi connectivity index (χ4v) is 4.54. The Balaban J connectivity index is 1.26. The number of aliphatic hydroxyl groups is 1. The van der Waals surface area contributed by atoms with Gasteiger partial charge in [0, 0.05) is 55.2 Å². The predicted molar refractivity (Wildman–Crippen MR) is 138 cm³/mol. The van der Waals surface area contributed by atoms with E-state index in [0.29, 0.717) is 52.3 Å². The van der Waals surface area contributed by atoms with Gasteiger partial charge in [-0.25, -0.2) is 0 Å². The van der Waals surface area contributed by atoms with Crippen LogP contribution in [0.15, 0.2) is 53.5 Å². The fraction of sp³-hybridized carbons (Fsp3) is 0.346. The lowest BCUT2D eigenvalue weighted by Gasteiger charge is -2.33. The van der Waals surface area contributed by atoms with Gasteiger partial charge in [-0.2, -0.15) is 0 Å². The smallest absolute Gasteiger partial charge is 0.255 e. The molecule has 0 bridgehead atoms. The number of aliphatic hydroxyl groups excluding tert-OH is 1. The normalized spacial score (nSPS) is 15.4. The van der Waals surface area contributed by atoms with Gasteiger partial charge in [-0.15, -0.1) is 0 Å². The zero-order chi connectivity index (χ0) is 25.7. The predicted octanol–water partition coefficient (Wildman–Crippen LogP) is 2.18. The van der Waals surface area contributed by atoms with Crippen molar-refractivity contribution in [3.05, 3.63) is 75.2 Å². The molecule has 0 aliphatic carbocycles. The number of hydrogen-bond acceptors (Lipinski definition) is 6. The van der Waals surface area contributed by atoms with Crippen LogP contribution in [-0.4, -0.2) is 72.2 Å². The second-order valence-electron chi connectivity index (χ2n) is 8.78. The Labute approximate surface area is 213 Å². The van der Waals surface area contributed by atoms with Gasteiger partial charge in [-0.1, -0.05) is 29.8 Å². The molecular weight excluding hydrogens is 484 g/mol. The number of nitrogens with zero attached hydrogens (tertiary/aromatic N) is 1. The van der Waals surface area contributed by atoms with Gasteiger partial charge >= 0.3 is 0 Å². The summed E-state index contributed by atoms with van der Waals surface area (Å²) >= 11 is 6.03. The first-order valence-electron chi connectivity index (χ1n) is 11.8. The van der Waals surface area contributed by atoms with Crippen LogP contribution in [0.1, 0.15) is 33.6 Å². The second-order valence-corrected chi connectivity index (χ2v) is 9.21. The van der Waals surface area contributed by atoms with Crippen molar-refractivity contribution in [1.29, 1.82) is 0 Å². The van der Waals surface area contributed by atoms with Crippen molar-refractivity contribution in [2.45, 2.75) is 25.0 Å². The second kappa shape index (κ2) is 11.6. The summed E-state index contributed by atoms with van der Waals surface area (Å²) in [6.07, 6.45) is 2.05. The van der Waals surface area contributed by atoms with E-state index in [1.807, 2.05) is 0 Å². The van der Waals surface area contributed by atoms with Crippen molar-refractivity contribution < 1.29 is 19.4 Å². The van der Waals surface area contributed by atoms with E-state index in [2.05, 4.69) is 20.5 Å². The number of hydrogen-bond donors (Lipinski definition) is 4. The number of aromatic amines is 1. The van der Waals surface area contributed by atoms with E-state index in [1.54, 1.807) is 49.5 Å². The molecule has 1 aliphatic rings. The molecular formula is C26H29ClN4O5. The number of amides is 2. The molecule has 4 rings (SSSR count). The molecule has 2 aromatic carbocycles. The number of aromatic nitrogens is 1. The summed E-state index contributed by atoms with van der Waals surface area (Å²) in [5.74, 6) is -0.122. The molecule has 2 heterocycles. The van der Waals surface area contributed by atoms with Crippen LogP contribution in [0.2, 0.25) is 5.02 Å². The molecule has 0 spiro atoms. The maximum absolute atomic E-state index is 12.7. The first-order chi connectivity index (χ1) is 17.4. The average molecular weight is 513 g/mol. The van der Waals surface area contributed by atoms with Crippen LogP contribution in [0.3, 0.4) is 0 Å². The highest BCUT2D eigenvalue weighted by molar-refractivity contribution is 6.31. The Morgan fingerprint density at radius 3 is 2.58 bits per heavy atom. The Bertz CT molecular complexity index is 1300. The van der Waals surface area contributed by atoms with E-state index >= 15 is 0 Å². The molecule has 1 atom stereocenters. The molecule has 1 unspecified atom stereocenters. The minimum Gasteiger partial charge on any atom is -0.489 e. The number of pyridine rings is 1.